The molecular weight excluding hydrogens is 236 g/mol. The van der Waals surface area contributed by atoms with E-state index in [-0.39, 0.29) is 0 Å². The van der Waals surface area contributed by atoms with Crippen LogP contribution in [0.3, 0.4) is 0 Å². The molecule has 1 fully saturated rings. The van der Waals surface area contributed by atoms with Gasteiger partial charge in [0.25, 0.3) is 0 Å². The van der Waals surface area contributed by atoms with Crippen LogP contribution in [-0.4, -0.2) is 37.2 Å². The number of methoxy groups -OCH3 is 1. The van der Waals surface area contributed by atoms with Crippen LogP contribution in [0.15, 0.2) is 18.2 Å². The van der Waals surface area contributed by atoms with Crippen molar-refractivity contribution in [3.63, 3.8) is 0 Å². The van der Waals surface area contributed by atoms with E-state index in [0.717, 1.165) is 18.7 Å². The maximum atomic E-state index is 5.91. The molecule has 3 nitrogen and oxygen atoms in total. The molecule has 2 aliphatic rings. The number of aryl methyl sites for hydroxylation is 1. The number of rotatable bonds is 3. The van der Waals surface area contributed by atoms with E-state index >= 15 is 0 Å². The first kappa shape index (κ1) is 12.9. The first-order chi connectivity index (χ1) is 9.31. The van der Waals surface area contributed by atoms with Gasteiger partial charge in [-0.3, -0.25) is 4.90 Å². The highest BCUT2D eigenvalue weighted by atomic mass is 16.5. The molecule has 3 rings (SSSR count). The molecule has 1 aromatic carbocycles. The molecule has 3 heteroatoms. The minimum atomic E-state index is 0.608. The molecule has 0 bridgehead atoms. The topological polar surface area (TPSA) is 38.5 Å². The van der Waals surface area contributed by atoms with E-state index in [1.54, 1.807) is 7.11 Å². The highest BCUT2D eigenvalue weighted by Crippen LogP contribution is 2.31. The van der Waals surface area contributed by atoms with Crippen LogP contribution >= 0.6 is 0 Å². The minimum Gasteiger partial charge on any atom is -0.497 e. The molecule has 2 unspecified atom stereocenters. The first-order valence-corrected chi connectivity index (χ1v) is 7.43. The van der Waals surface area contributed by atoms with Crippen LogP contribution in [0.25, 0.3) is 0 Å². The molecule has 0 saturated carbocycles. The van der Waals surface area contributed by atoms with Crippen LogP contribution < -0.4 is 10.5 Å². The molecule has 2 atom stereocenters. The third kappa shape index (κ3) is 2.49. The monoisotopic (exact) mass is 260 g/mol. The summed E-state index contributed by atoms with van der Waals surface area (Å²) >= 11 is 0. The Kier molecular flexibility index (Phi) is 3.76. The summed E-state index contributed by atoms with van der Waals surface area (Å²) in [5.41, 5.74) is 8.88. The second-order valence-corrected chi connectivity index (χ2v) is 5.80. The molecule has 1 aliphatic heterocycles. The van der Waals surface area contributed by atoms with Crippen molar-refractivity contribution in [2.45, 2.75) is 44.2 Å². The van der Waals surface area contributed by atoms with Gasteiger partial charge in [0.1, 0.15) is 5.75 Å². The van der Waals surface area contributed by atoms with Crippen molar-refractivity contribution in [1.82, 2.24) is 4.90 Å². The van der Waals surface area contributed by atoms with E-state index in [0.29, 0.717) is 12.1 Å². The maximum Gasteiger partial charge on any atom is 0.119 e. The predicted molar refractivity (Wildman–Crippen MR) is 77.6 cm³/mol. The Balaban J connectivity index is 1.77. The largest absolute Gasteiger partial charge is 0.497 e. The zero-order valence-corrected chi connectivity index (χ0v) is 11.8. The average molecular weight is 260 g/mol. The Morgan fingerprint density at radius 1 is 1.32 bits per heavy atom. The van der Waals surface area contributed by atoms with Gasteiger partial charge in [-0.1, -0.05) is 6.07 Å². The number of hydrogen-bond acceptors (Lipinski definition) is 3. The Morgan fingerprint density at radius 2 is 2.21 bits per heavy atom. The highest BCUT2D eigenvalue weighted by molar-refractivity contribution is 5.38. The van der Waals surface area contributed by atoms with Crippen molar-refractivity contribution in [3.05, 3.63) is 29.3 Å². The van der Waals surface area contributed by atoms with E-state index in [1.807, 2.05) is 0 Å². The predicted octanol–water partition coefficient (Wildman–Crippen LogP) is 1.98. The Hall–Kier alpha value is -1.06. The summed E-state index contributed by atoms with van der Waals surface area (Å²) in [7, 11) is 1.74. The fraction of sp³-hybridized carbons (Fsp3) is 0.625. The summed E-state index contributed by atoms with van der Waals surface area (Å²) in [6.45, 7) is 2.04. The van der Waals surface area contributed by atoms with Gasteiger partial charge >= 0.3 is 0 Å². The summed E-state index contributed by atoms with van der Waals surface area (Å²) in [4.78, 5) is 2.66. The van der Waals surface area contributed by atoms with Gasteiger partial charge in [0.05, 0.1) is 7.11 Å². The molecular formula is C16H24N2O. The summed E-state index contributed by atoms with van der Waals surface area (Å²) in [5, 5.41) is 0. The van der Waals surface area contributed by atoms with Crippen LogP contribution in [0.1, 0.15) is 30.4 Å². The van der Waals surface area contributed by atoms with Crippen LogP contribution in [0.4, 0.5) is 0 Å². The van der Waals surface area contributed by atoms with E-state index in [4.69, 9.17) is 10.5 Å². The first-order valence-electron chi connectivity index (χ1n) is 7.43. The number of fused-ring (bicyclic) bond motifs is 1. The number of nitrogens with zero attached hydrogens (tertiary/aromatic N) is 1. The summed E-state index contributed by atoms with van der Waals surface area (Å²) in [6.07, 6.45) is 6.21. The second kappa shape index (κ2) is 5.51. The summed E-state index contributed by atoms with van der Waals surface area (Å²) in [6, 6.07) is 7.81. The van der Waals surface area contributed by atoms with Gasteiger partial charge in [0.2, 0.25) is 0 Å². The van der Waals surface area contributed by atoms with E-state index in [2.05, 4.69) is 23.1 Å². The molecule has 0 aromatic heterocycles. The lowest BCUT2D eigenvalue weighted by atomic mass is 9.87. The molecule has 0 radical (unpaired) electrons. The second-order valence-electron chi connectivity index (χ2n) is 5.80. The SMILES string of the molecule is COc1ccc2c(c1)CC(N1CCCC1CN)CC2. The van der Waals surface area contributed by atoms with Crippen molar-refractivity contribution >= 4 is 0 Å². The van der Waals surface area contributed by atoms with Crippen molar-refractivity contribution in [2.75, 3.05) is 20.2 Å². The summed E-state index contributed by atoms with van der Waals surface area (Å²) < 4.78 is 5.35. The lowest BCUT2D eigenvalue weighted by Gasteiger charge is -2.36. The van der Waals surface area contributed by atoms with Crippen molar-refractivity contribution in [1.29, 1.82) is 0 Å². The molecule has 104 valence electrons. The highest BCUT2D eigenvalue weighted by Gasteiger charge is 2.31. The van der Waals surface area contributed by atoms with E-state index < -0.39 is 0 Å². The van der Waals surface area contributed by atoms with E-state index in [9.17, 15) is 0 Å². The lowest BCUT2D eigenvalue weighted by molar-refractivity contribution is 0.167. The van der Waals surface area contributed by atoms with Crippen LogP contribution in [0, 0.1) is 0 Å². The molecule has 1 aromatic rings. The average Bonchev–Trinajstić information content (AvgIpc) is 2.94. The standard InChI is InChI=1S/C16H24N2O/c1-19-16-7-5-12-4-6-14(9-13(12)10-16)18-8-2-3-15(18)11-17/h5,7,10,14-15H,2-4,6,8-9,11,17H2,1H3. The third-order valence-electron chi connectivity index (χ3n) is 4.78. The molecule has 19 heavy (non-hydrogen) atoms. The van der Waals surface area contributed by atoms with Crippen LogP contribution in [0.2, 0.25) is 0 Å². The van der Waals surface area contributed by atoms with Gasteiger partial charge in [0, 0.05) is 18.6 Å². The Morgan fingerprint density at radius 3 is 3.00 bits per heavy atom. The number of hydrogen-bond donors (Lipinski definition) is 1. The number of nitrogens with two attached hydrogens (primary N) is 1. The van der Waals surface area contributed by atoms with Crippen LogP contribution in [-0.2, 0) is 12.8 Å². The van der Waals surface area contributed by atoms with Gasteiger partial charge in [-0.2, -0.15) is 0 Å². The number of ether oxygens (including phenoxy) is 1. The Labute approximate surface area is 115 Å². The van der Waals surface area contributed by atoms with Crippen molar-refractivity contribution in [3.8, 4) is 5.75 Å². The zero-order chi connectivity index (χ0) is 13.2. The van der Waals surface area contributed by atoms with Gasteiger partial charge in [0.15, 0.2) is 0 Å². The fourth-order valence-electron chi connectivity index (χ4n) is 3.72. The zero-order valence-electron chi connectivity index (χ0n) is 11.8. The fourth-order valence-corrected chi connectivity index (χ4v) is 3.72. The molecule has 0 spiro atoms. The normalized spacial score (nSPS) is 27.3. The van der Waals surface area contributed by atoms with Gasteiger partial charge < -0.3 is 10.5 Å². The minimum absolute atomic E-state index is 0.608. The van der Waals surface area contributed by atoms with Crippen molar-refractivity contribution in [2.24, 2.45) is 5.73 Å². The van der Waals surface area contributed by atoms with Gasteiger partial charge in [-0.15, -0.1) is 0 Å². The maximum absolute atomic E-state index is 5.91. The molecule has 0 amide bonds. The molecule has 1 heterocycles. The molecule has 1 saturated heterocycles. The van der Waals surface area contributed by atoms with Crippen LogP contribution in [0.5, 0.6) is 5.75 Å². The summed E-state index contributed by atoms with van der Waals surface area (Å²) in [5.74, 6) is 0.983. The smallest absolute Gasteiger partial charge is 0.119 e. The van der Waals surface area contributed by atoms with Gasteiger partial charge in [-0.25, -0.2) is 0 Å². The third-order valence-corrected chi connectivity index (χ3v) is 4.78. The molecule has 1 aliphatic carbocycles. The number of likely N-dealkylation sites (tertiary alicyclic amines) is 1. The number of benzene rings is 1. The van der Waals surface area contributed by atoms with E-state index in [1.165, 1.54) is 43.4 Å². The lowest BCUT2D eigenvalue weighted by Crippen LogP contribution is -2.45. The van der Waals surface area contributed by atoms with Crippen molar-refractivity contribution < 1.29 is 4.74 Å². The molecule has 2 N–H and O–H groups in total. The van der Waals surface area contributed by atoms with Gasteiger partial charge in [-0.05, 0) is 61.9 Å². The quantitative estimate of drug-likeness (QED) is 0.903. The Bertz CT molecular complexity index is 446.